The number of fused-ring (bicyclic) bond motifs is 1. The van der Waals surface area contributed by atoms with E-state index in [1.165, 1.54) is 4.90 Å². The van der Waals surface area contributed by atoms with Crippen molar-refractivity contribution in [2.45, 2.75) is 25.5 Å². The fraction of sp³-hybridized carbons (Fsp3) is 0.269. The van der Waals surface area contributed by atoms with E-state index in [1.807, 2.05) is 41.1 Å². The largest absolute Gasteiger partial charge is 0.376 e. The Morgan fingerprint density at radius 1 is 1.23 bits per heavy atom. The molecule has 3 aromatic rings. The van der Waals surface area contributed by atoms with Crippen molar-refractivity contribution in [3.05, 3.63) is 71.0 Å². The number of likely N-dealkylation sites (N-methyl/N-ethyl adjacent to an activating group) is 1. The number of halogens is 1. The van der Waals surface area contributed by atoms with Crippen LogP contribution in [0, 0.1) is 0 Å². The van der Waals surface area contributed by atoms with Gasteiger partial charge in [-0.15, -0.1) is 0 Å². The number of anilines is 1. The summed E-state index contributed by atoms with van der Waals surface area (Å²) in [5.41, 5.74) is 2.86. The lowest BCUT2D eigenvalue weighted by atomic mass is 10.1. The van der Waals surface area contributed by atoms with Crippen LogP contribution in [0.2, 0.25) is 5.02 Å². The Balaban J connectivity index is 1.42. The highest BCUT2D eigenvalue weighted by Crippen LogP contribution is 2.31. The molecule has 3 heterocycles. The summed E-state index contributed by atoms with van der Waals surface area (Å²) in [7, 11) is 1.78. The van der Waals surface area contributed by atoms with Crippen LogP contribution in [0.5, 0.6) is 0 Å². The van der Waals surface area contributed by atoms with E-state index >= 15 is 0 Å². The molecule has 5 rings (SSSR count). The lowest BCUT2D eigenvalue weighted by molar-refractivity contribution is -0.122. The number of nitrogens with zero attached hydrogens (tertiary/aromatic N) is 3. The first-order valence-electron chi connectivity index (χ1n) is 11.5. The summed E-state index contributed by atoms with van der Waals surface area (Å²) >= 11 is 11.6. The van der Waals surface area contributed by atoms with Crippen LogP contribution in [0.25, 0.3) is 17.0 Å². The molecule has 2 aromatic carbocycles. The lowest BCUT2D eigenvalue weighted by Gasteiger charge is -2.16. The topological polar surface area (TPSA) is 66.8 Å². The Labute approximate surface area is 213 Å². The monoisotopic (exact) mass is 508 g/mol. The van der Waals surface area contributed by atoms with Crippen molar-refractivity contribution in [3.8, 4) is 0 Å². The van der Waals surface area contributed by atoms with Crippen LogP contribution < -0.4 is 10.2 Å². The normalized spacial score (nSPS) is 19.4. The van der Waals surface area contributed by atoms with E-state index < -0.39 is 0 Å². The highest BCUT2D eigenvalue weighted by atomic mass is 35.5. The zero-order valence-corrected chi connectivity index (χ0v) is 20.8. The van der Waals surface area contributed by atoms with Gasteiger partial charge in [-0.25, -0.2) is 0 Å². The fourth-order valence-electron chi connectivity index (χ4n) is 4.49. The molecule has 0 radical (unpaired) electrons. The number of hydrogen-bond donors (Lipinski definition) is 1. The third kappa shape index (κ3) is 4.69. The molecule has 2 saturated heterocycles. The van der Waals surface area contributed by atoms with Gasteiger partial charge in [-0.1, -0.05) is 29.8 Å². The summed E-state index contributed by atoms with van der Waals surface area (Å²) in [5, 5.41) is 4.90. The zero-order valence-electron chi connectivity index (χ0n) is 19.2. The number of carbonyl (C=O) groups is 2. The van der Waals surface area contributed by atoms with Gasteiger partial charge in [0.25, 0.3) is 5.91 Å². The van der Waals surface area contributed by atoms with Crippen LogP contribution >= 0.6 is 23.8 Å². The number of nitrogens with one attached hydrogen (secondary N) is 1. The molecule has 0 aliphatic carbocycles. The molecule has 180 valence electrons. The number of benzene rings is 2. The number of thiocarbonyl (C=S) groups is 1. The van der Waals surface area contributed by atoms with Gasteiger partial charge in [-0.2, -0.15) is 0 Å². The third-order valence-electron chi connectivity index (χ3n) is 6.32. The van der Waals surface area contributed by atoms with Crippen molar-refractivity contribution in [2.75, 3.05) is 25.1 Å². The van der Waals surface area contributed by atoms with Gasteiger partial charge in [0.15, 0.2) is 5.11 Å². The van der Waals surface area contributed by atoms with Crippen LogP contribution in [0.3, 0.4) is 0 Å². The second-order valence-corrected chi connectivity index (χ2v) is 9.46. The Bertz CT molecular complexity index is 1330. The summed E-state index contributed by atoms with van der Waals surface area (Å²) < 4.78 is 7.49. The molecule has 9 heteroatoms. The van der Waals surface area contributed by atoms with Crippen molar-refractivity contribution >= 4 is 63.4 Å². The summed E-state index contributed by atoms with van der Waals surface area (Å²) in [6.07, 6.45) is 5.83. The minimum absolute atomic E-state index is 0.0791. The van der Waals surface area contributed by atoms with Gasteiger partial charge in [0, 0.05) is 47.9 Å². The van der Waals surface area contributed by atoms with E-state index in [4.69, 9.17) is 28.6 Å². The van der Waals surface area contributed by atoms with Crippen LogP contribution in [-0.2, 0) is 20.9 Å². The molecule has 2 aliphatic heterocycles. The van der Waals surface area contributed by atoms with Crippen LogP contribution in [0.1, 0.15) is 18.4 Å². The Hall–Kier alpha value is -3.20. The van der Waals surface area contributed by atoms with Crippen LogP contribution in [-0.4, -0.2) is 52.7 Å². The van der Waals surface area contributed by atoms with Crippen molar-refractivity contribution in [2.24, 2.45) is 0 Å². The highest BCUT2D eigenvalue weighted by molar-refractivity contribution is 7.80. The maximum Gasteiger partial charge on any atom is 0.281 e. The first-order chi connectivity index (χ1) is 16.9. The Morgan fingerprint density at radius 3 is 2.74 bits per heavy atom. The first-order valence-corrected chi connectivity index (χ1v) is 12.3. The maximum absolute atomic E-state index is 13.4. The molecule has 0 saturated carbocycles. The Kier molecular flexibility index (Phi) is 6.60. The minimum atomic E-state index is -0.217. The maximum atomic E-state index is 13.4. The average molecular weight is 509 g/mol. The highest BCUT2D eigenvalue weighted by Gasteiger charge is 2.37. The van der Waals surface area contributed by atoms with Gasteiger partial charge in [0.2, 0.25) is 5.91 Å². The number of ether oxygens (including phenoxy) is 1. The van der Waals surface area contributed by atoms with E-state index in [2.05, 4.69) is 5.32 Å². The quantitative estimate of drug-likeness (QED) is 0.399. The second kappa shape index (κ2) is 9.81. The van der Waals surface area contributed by atoms with Gasteiger partial charge >= 0.3 is 0 Å². The molecule has 35 heavy (non-hydrogen) atoms. The molecule has 1 aromatic heterocycles. The van der Waals surface area contributed by atoms with E-state index in [0.29, 0.717) is 28.1 Å². The molecular formula is C26H25ClN4O3S. The van der Waals surface area contributed by atoms with E-state index in [1.54, 1.807) is 36.2 Å². The molecule has 0 unspecified atom stereocenters. The standard InChI is InChI=1S/C26H25ClN4O3S/c1-29-23(25(33)31(26(29)35)19-10-8-18(27)9-11-19)13-17-15-30(22-7-3-2-6-21(17)22)16-24(32)28-14-20-5-4-12-34-20/h2-3,6-11,13,15,20H,4-5,12,14,16H2,1H3,(H,28,32)/b23-13-/t20-/m0/s1. The van der Waals surface area contributed by atoms with Crippen molar-refractivity contribution in [1.29, 1.82) is 0 Å². The van der Waals surface area contributed by atoms with Gasteiger partial charge in [-0.3, -0.25) is 14.5 Å². The smallest absolute Gasteiger partial charge is 0.281 e. The third-order valence-corrected chi connectivity index (χ3v) is 7.03. The first kappa shape index (κ1) is 23.5. The second-order valence-electron chi connectivity index (χ2n) is 8.66. The van der Waals surface area contributed by atoms with Gasteiger partial charge < -0.3 is 19.5 Å². The zero-order chi connectivity index (χ0) is 24.5. The lowest BCUT2D eigenvalue weighted by Crippen LogP contribution is -2.34. The molecule has 2 amide bonds. The summed E-state index contributed by atoms with van der Waals surface area (Å²) in [6.45, 7) is 1.45. The minimum Gasteiger partial charge on any atom is -0.376 e. The summed E-state index contributed by atoms with van der Waals surface area (Å²) in [6, 6.07) is 14.8. The average Bonchev–Trinajstić information content (AvgIpc) is 3.55. The molecular weight excluding hydrogens is 484 g/mol. The predicted octanol–water partition coefficient (Wildman–Crippen LogP) is 4.19. The summed E-state index contributed by atoms with van der Waals surface area (Å²) in [5.74, 6) is -0.296. The van der Waals surface area contributed by atoms with Crippen molar-refractivity contribution in [1.82, 2.24) is 14.8 Å². The molecule has 1 atom stereocenters. The number of carbonyl (C=O) groups excluding carboxylic acids is 2. The molecule has 0 bridgehead atoms. The van der Waals surface area contributed by atoms with Crippen LogP contribution in [0.15, 0.2) is 60.4 Å². The van der Waals surface area contributed by atoms with Gasteiger partial charge in [0.05, 0.1) is 11.8 Å². The molecule has 1 N–H and O–H groups in total. The molecule has 2 aliphatic rings. The number of hydrogen-bond acceptors (Lipinski definition) is 4. The number of aromatic nitrogens is 1. The molecule has 7 nitrogen and oxygen atoms in total. The van der Waals surface area contributed by atoms with E-state index in [-0.39, 0.29) is 24.5 Å². The molecule has 2 fully saturated rings. The fourth-order valence-corrected chi connectivity index (χ4v) is 4.90. The van der Waals surface area contributed by atoms with Crippen molar-refractivity contribution < 1.29 is 14.3 Å². The van der Waals surface area contributed by atoms with Gasteiger partial charge in [0.1, 0.15) is 12.2 Å². The Morgan fingerprint density at radius 2 is 2.00 bits per heavy atom. The van der Waals surface area contributed by atoms with Crippen molar-refractivity contribution in [3.63, 3.8) is 0 Å². The number of rotatable bonds is 6. The van der Waals surface area contributed by atoms with Crippen LogP contribution in [0.4, 0.5) is 5.69 Å². The SMILES string of the molecule is CN1C(=S)N(c2ccc(Cl)cc2)C(=O)/C1=C/c1cn(CC(=O)NC[C@@H]2CCCO2)c2ccccc12. The van der Waals surface area contributed by atoms with Gasteiger partial charge in [-0.05, 0) is 61.5 Å². The predicted molar refractivity (Wildman–Crippen MR) is 141 cm³/mol. The summed E-state index contributed by atoms with van der Waals surface area (Å²) in [4.78, 5) is 29.2. The van der Waals surface area contributed by atoms with E-state index in [9.17, 15) is 9.59 Å². The number of para-hydroxylation sites is 1. The van der Waals surface area contributed by atoms with E-state index in [0.717, 1.165) is 35.9 Å². The number of amides is 2. The molecule has 0 spiro atoms.